The molecule has 0 N–H and O–H groups in total. The Bertz CT molecular complexity index is 673. The van der Waals surface area contributed by atoms with Crippen LogP contribution in [-0.2, 0) is 6.54 Å². The molecule has 0 aliphatic heterocycles. The van der Waals surface area contributed by atoms with Crippen LogP contribution in [0, 0.1) is 25.7 Å². The lowest BCUT2D eigenvalue weighted by molar-refractivity contribution is 0.0680. The zero-order chi connectivity index (χ0) is 17.9. The van der Waals surface area contributed by atoms with Crippen molar-refractivity contribution < 1.29 is 9.21 Å². The summed E-state index contributed by atoms with van der Waals surface area (Å²) in [7, 11) is 0. The number of nitrogens with zero attached hydrogens (tertiary/aromatic N) is 3. The van der Waals surface area contributed by atoms with Crippen LogP contribution in [0.3, 0.4) is 0 Å². The van der Waals surface area contributed by atoms with Gasteiger partial charge in [0, 0.05) is 18.8 Å². The number of aromatic nitrogens is 2. The third-order valence-electron chi connectivity index (χ3n) is 3.74. The minimum absolute atomic E-state index is 0.0305. The van der Waals surface area contributed by atoms with Gasteiger partial charge in [0.25, 0.3) is 5.91 Å². The van der Waals surface area contributed by atoms with Gasteiger partial charge in [0.2, 0.25) is 0 Å². The maximum absolute atomic E-state index is 12.8. The first-order valence-corrected chi connectivity index (χ1v) is 8.65. The lowest BCUT2D eigenvalue weighted by Crippen LogP contribution is -2.36. The second-order valence-electron chi connectivity index (χ2n) is 7.35. The molecule has 0 atom stereocenters. The fourth-order valence-electron chi connectivity index (χ4n) is 2.84. The Balaban J connectivity index is 2.12. The smallest absolute Gasteiger partial charge is 0.289 e. The van der Waals surface area contributed by atoms with E-state index in [1.165, 1.54) is 0 Å². The molecule has 0 aliphatic carbocycles. The zero-order valence-electron chi connectivity index (χ0n) is 15.7. The van der Waals surface area contributed by atoms with E-state index < -0.39 is 0 Å². The minimum atomic E-state index is -0.0305. The van der Waals surface area contributed by atoms with E-state index in [1.54, 1.807) is 6.07 Å². The van der Waals surface area contributed by atoms with Gasteiger partial charge in [0.05, 0.1) is 12.2 Å². The van der Waals surface area contributed by atoms with E-state index in [9.17, 15) is 4.79 Å². The summed E-state index contributed by atoms with van der Waals surface area (Å²) in [5, 5.41) is 4.43. The number of aryl methyl sites for hydroxylation is 2. The fraction of sp³-hybridized carbons (Fsp3) is 0.579. The topological polar surface area (TPSA) is 51.3 Å². The molecule has 1 amide bonds. The standard InChI is InChI=1S/C19H29N3O2/c1-13(2)10-21(11-14(3)4)19(23)18-8-7-17(24-18)12-22-16(6)9-15(5)20-22/h7-9,13-14H,10-12H2,1-6H3. The third kappa shape index (κ3) is 4.73. The van der Waals surface area contributed by atoms with Crippen molar-refractivity contribution in [2.24, 2.45) is 11.8 Å². The molecule has 0 aliphatic rings. The van der Waals surface area contributed by atoms with Crippen LogP contribution in [0.2, 0.25) is 0 Å². The number of amides is 1. The molecule has 5 nitrogen and oxygen atoms in total. The summed E-state index contributed by atoms with van der Waals surface area (Å²) in [6.07, 6.45) is 0. The van der Waals surface area contributed by atoms with Crippen molar-refractivity contribution in [2.75, 3.05) is 13.1 Å². The van der Waals surface area contributed by atoms with Crippen molar-refractivity contribution in [1.29, 1.82) is 0 Å². The lowest BCUT2D eigenvalue weighted by atomic mass is 10.1. The fourth-order valence-corrected chi connectivity index (χ4v) is 2.84. The van der Waals surface area contributed by atoms with Gasteiger partial charge in [-0.25, -0.2) is 0 Å². The van der Waals surface area contributed by atoms with Crippen molar-refractivity contribution in [2.45, 2.75) is 48.1 Å². The molecule has 24 heavy (non-hydrogen) atoms. The van der Waals surface area contributed by atoms with Crippen molar-refractivity contribution >= 4 is 5.91 Å². The first-order valence-electron chi connectivity index (χ1n) is 8.65. The second kappa shape index (κ2) is 7.69. The number of hydrogen-bond donors (Lipinski definition) is 0. The molecule has 0 bridgehead atoms. The minimum Gasteiger partial charge on any atom is -0.454 e. The summed E-state index contributed by atoms with van der Waals surface area (Å²) in [6.45, 7) is 14.5. The summed E-state index contributed by atoms with van der Waals surface area (Å²) in [5.41, 5.74) is 2.06. The average molecular weight is 331 g/mol. The van der Waals surface area contributed by atoms with Crippen LogP contribution in [0.25, 0.3) is 0 Å². The molecule has 0 spiro atoms. The van der Waals surface area contributed by atoms with E-state index >= 15 is 0 Å². The summed E-state index contributed by atoms with van der Waals surface area (Å²) >= 11 is 0. The second-order valence-corrected chi connectivity index (χ2v) is 7.35. The highest BCUT2D eigenvalue weighted by molar-refractivity contribution is 5.91. The van der Waals surface area contributed by atoms with Crippen LogP contribution in [0.1, 0.15) is 55.4 Å². The summed E-state index contributed by atoms with van der Waals surface area (Å²) in [5.74, 6) is 1.98. The van der Waals surface area contributed by atoms with E-state index in [2.05, 4.69) is 32.8 Å². The molecule has 2 aromatic heterocycles. The summed E-state index contributed by atoms with van der Waals surface area (Å²) < 4.78 is 7.70. The zero-order valence-corrected chi connectivity index (χ0v) is 15.7. The van der Waals surface area contributed by atoms with Gasteiger partial charge in [-0.2, -0.15) is 5.10 Å². The molecule has 2 rings (SSSR count). The van der Waals surface area contributed by atoms with Crippen molar-refractivity contribution in [3.05, 3.63) is 41.1 Å². The molecule has 0 radical (unpaired) electrons. The molecule has 0 unspecified atom stereocenters. The van der Waals surface area contributed by atoms with Gasteiger partial charge >= 0.3 is 0 Å². The Morgan fingerprint density at radius 2 is 1.79 bits per heavy atom. The molecular formula is C19H29N3O2. The molecule has 5 heteroatoms. The number of rotatable bonds is 7. The van der Waals surface area contributed by atoms with Crippen LogP contribution in [-0.4, -0.2) is 33.7 Å². The maximum atomic E-state index is 12.8. The molecule has 132 valence electrons. The van der Waals surface area contributed by atoms with E-state index in [0.717, 1.165) is 30.2 Å². The van der Waals surface area contributed by atoms with Crippen molar-refractivity contribution in [3.63, 3.8) is 0 Å². The Morgan fingerprint density at radius 3 is 2.29 bits per heavy atom. The highest BCUT2D eigenvalue weighted by atomic mass is 16.4. The Labute approximate surface area is 144 Å². The average Bonchev–Trinajstić information content (AvgIpc) is 3.04. The SMILES string of the molecule is Cc1cc(C)n(Cc2ccc(C(=O)N(CC(C)C)CC(C)C)o2)n1. The quantitative estimate of drug-likeness (QED) is 0.773. The number of furan rings is 1. The molecule has 0 saturated carbocycles. The molecule has 0 saturated heterocycles. The number of carbonyl (C=O) groups excluding carboxylic acids is 1. The Morgan fingerprint density at radius 1 is 1.17 bits per heavy atom. The predicted octanol–water partition coefficient (Wildman–Crippen LogP) is 3.90. The van der Waals surface area contributed by atoms with Crippen molar-refractivity contribution in [1.82, 2.24) is 14.7 Å². The normalized spacial score (nSPS) is 11.5. The molecule has 2 aromatic rings. The van der Waals surface area contributed by atoms with E-state index in [1.807, 2.05) is 35.6 Å². The summed E-state index contributed by atoms with van der Waals surface area (Å²) in [4.78, 5) is 14.7. The largest absolute Gasteiger partial charge is 0.454 e. The van der Waals surface area contributed by atoms with Crippen LogP contribution in [0.15, 0.2) is 22.6 Å². The third-order valence-corrected chi connectivity index (χ3v) is 3.74. The molecule has 0 aromatic carbocycles. The first-order chi connectivity index (χ1) is 11.3. The van der Waals surface area contributed by atoms with Gasteiger partial charge < -0.3 is 9.32 Å². The van der Waals surface area contributed by atoms with Gasteiger partial charge in [-0.15, -0.1) is 0 Å². The van der Waals surface area contributed by atoms with Crippen LogP contribution in [0.4, 0.5) is 0 Å². The van der Waals surface area contributed by atoms with E-state index in [4.69, 9.17) is 4.42 Å². The van der Waals surface area contributed by atoms with E-state index in [-0.39, 0.29) is 5.91 Å². The van der Waals surface area contributed by atoms with Gasteiger partial charge in [0.15, 0.2) is 5.76 Å². The molecule has 2 heterocycles. The van der Waals surface area contributed by atoms with Crippen LogP contribution in [0.5, 0.6) is 0 Å². The van der Waals surface area contributed by atoms with Gasteiger partial charge in [-0.1, -0.05) is 27.7 Å². The summed E-state index contributed by atoms with van der Waals surface area (Å²) in [6, 6.07) is 5.67. The first kappa shape index (κ1) is 18.3. The van der Waals surface area contributed by atoms with Crippen molar-refractivity contribution in [3.8, 4) is 0 Å². The molecule has 0 fully saturated rings. The van der Waals surface area contributed by atoms with Crippen LogP contribution >= 0.6 is 0 Å². The highest BCUT2D eigenvalue weighted by Gasteiger charge is 2.21. The maximum Gasteiger partial charge on any atom is 0.289 e. The predicted molar refractivity (Wildman–Crippen MR) is 95.1 cm³/mol. The van der Waals surface area contributed by atoms with Gasteiger partial charge in [0.1, 0.15) is 5.76 Å². The van der Waals surface area contributed by atoms with Gasteiger partial charge in [-0.05, 0) is 43.9 Å². The van der Waals surface area contributed by atoms with Gasteiger partial charge in [-0.3, -0.25) is 9.48 Å². The Hall–Kier alpha value is -2.04. The molecular weight excluding hydrogens is 302 g/mol. The number of hydrogen-bond acceptors (Lipinski definition) is 3. The van der Waals surface area contributed by atoms with Crippen LogP contribution < -0.4 is 0 Å². The van der Waals surface area contributed by atoms with E-state index in [0.29, 0.717) is 24.1 Å². The monoisotopic (exact) mass is 331 g/mol. The Kier molecular flexibility index (Phi) is 5.86. The number of carbonyl (C=O) groups is 1. The lowest BCUT2D eigenvalue weighted by Gasteiger charge is -2.25. The highest BCUT2D eigenvalue weighted by Crippen LogP contribution is 2.15.